The first-order valence-corrected chi connectivity index (χ1v) is 9.77. The Morgan fingerprint density at radius 1 is 0.968 bits per heavy atom. The van der Waals surface area contributed by atoms with E-state index in [1.54, 1.807) is 24.4 Å². The third-order valence-corrected chi connectivity index (χ3v) is 4.67. The summed E-state index contributed by atoms with van der Waals surface area (Å²) in [6.45, 7) is 4.26. The molecule has 6 nitrogen and oxygen atoms in total. The van der Waals surface area contributed by atoms with Crippen LogP contribution in [0.2, 0.25) is 0 Å². The highest BCUT2D eigenvalue weighted by molar-refractivity contribution is 5.96. The molecule has 0 bridgehead atoms. The van der Waals surface area contributed by atoms with Crippen molar-refractivity contribution >= 4 is 18.1 Å². The number of hydrazone groups is 1. The summed E-state index contributed by atoms with van der Waals surface area (Å²) in [6, 6.07) is 20.1. The lowest BCUT2D eigenvalue weighted by atomic mass is 10.1. The van der Waals surface area contributed by atoms with Crippen LogP contribution in [0.25, 0.3) is 0 Å². The van der Waals surface area contributed by atoms with Crippen molar-refractivity contribution in [2.75, 3.05) is 7.11 Å². The number of esters is 1. The number of nitrogens with one attached hydrogen (secondary N) is 1. The second-order valence-electron chi connectivity index (χ2n) is 7.06. The molecule has 0 aliphatic carbocycles. The van der Waals surface area contributed by atoms with Crippen molar-refractivity contribution in [3.63, 3.8) is 0 Å². The zero-order valence-electron chi connectivity index (χ0n) is 17.7. The Morgan fingerprint density at radius 2 is 1.68 bits per heavy atom. The van der Waals surface area contributed by atoms with E-state index < -0.39 is 0 Å². The number of carbonyl (C=O) groups is 2. The maximum absolute atomic E-state index is 12.2. The lowest BCUT2D eigenvalue weighted by Crippen LogP contribution is -2.18. The molecule has 0 saturated heterocycles. The van der Waals surface area contributed by atoms with Crippen LogP contribution in [-0.4, -0.2) is 25.2 Å². The molecule has 0 heterocycles. The molecule has 0 radical (unpaired) electrons. The maximum Gasteiger partial charge on any atom is 0.337 e. The van der Waals surface area contributed by atoms with Crippen molar-refractivity contribution in [1.29, 1.82) is 0 Å². The van der Waals surface area contributed by atoms with Crippen LogP contribution >= 0.6 is 0 Å². The fourth-order valence-corrected chi connectivity index (χ4v) is 2.97. The maximum atomic E-state index is 12.2. The lowest BCUT2D eigenvalue weighted by molar-refractivity contribution is 0.0600. The molecule has 0 fully saturated rings. The van der Waals surface area contributed by atoms with Gasteiger partial charge in [0.05, 0.1) is 18.9 Å². The number of nitrogens with zero attached hydrogens (tertiary/aromatic N) is 1. The Labute approximate surface area is 181 Å². The minimum Gasteiger partial charge on any atom is -0.489 e. The fourth-order valence-electron chi connectivity index (χ4n) is 2.97. The fraction of sp³-hybridized carbons (Fsp3) is 0.160. The van der Waals surface area contributed by atoms with Gasteiger partial charge < -0.3 is 9.47 Å². The minimum atomic E-state index is -0.366. The summed E-state index contributed by atoms with van der Waals surface area (Å²) in [7, 11) is 1.35. The Morgan fingerprint density at radius 3 is 2.32 bits per heavy atom. The number of aryl methyl sites for hydroxylation is 2. The van der Waals surface area contributed by atoms with E-state index in [1.165, 1.54) is 7.11 Å². The number of ether oxygens (including phenoxy) is 2. The highest BCUT2D eigenvalue weighted by Crippen LogP contribution is 2.15. The highest BCUT2D eigenvalue weighted by atomic mass is 16.5. The Kier molecular flexibility index (Phi) is 7.17. The smallest absolute Gasteiger partial charge is 0.337 e. The third kappa shape index (κ3) is 6.02. The quantitative estimate of drug-likeness (QED) is 0.351. The van der Waals surface area contributed by atoms with Gasteiger partial charge in [0.25, 0.3) is 5.91 Å². The number of amides is 1. The summed E-state index contributed by atoms with van der Waals surface area (Å²) >= 11 is 0. The van der Waals surface area contributed by atoms with Gasteiger partial charge in [0.2, 0.25) is 0 Å². The number of methoxy groups -OCH3 is 1. The van der Waals surface area contributed by atoms with Gasteiger partial charge in [-0.1, -0.05) is 29.8 Å². The van der Waals surface area contributed by atoms with Crippen molar-refractivity contribution in [1.82, 2.24) is 5.43 Å². The predicted molar refractivity (Wildman–Crippen MR) is 120 cm³/mol. The Balaban J connectivity index is 1.51. The Bertz CT molecular complexity index is 1090. The van der Waals surface area contributed by atoms with Gasteiger partial charge in [0, 0.05) is 5.56 Å². The molecule has 1 N–H and O–H groups in total. The van der Waals surface area contributed by atoms with Gasteiger partial charge in [-0.25, -0.2) is 10.2 Å². The largest absolute Gasteiger partial charge is 0.489 e. The van der Waals surface area contributed by atoms with Crippen molar-refractivity contribution in [3.8, 4) is 5.75 Å². The van der Waals surface area contributed by atoms with E-state index in [4.69, 9.17) is 4.74 Å². The summed E-state index contributed by atoms with van der Waals surface area (Å²) in [5.41, 5.74) is 7.44. The molecular weight excluding hydrogens is 392 g/mol. The minimum absolute atomic E-state index is 0.244. The number of hydrogen-bond acceptors (Lipinski definition) is 5. The van der Waals surface area contributed by atoms with Crippen molar-refractivity contribution < 1.29 is 19.1 Å². The van der Waals surface area contributed by atoms with Crippen LogP contribution < -0.4 is 10.2 Å². The van der Waals surface area contributed by atoms with Gasteiger partial charge in [0.1, 0.15) is 12.4 Å². The highest BCUT2D eigenvalue weighted by Gasteiger charge is 2.07. The summed E-state index contributed by atoms with van der Waals surface area (Å²) in [6.07, 6.45) is 1.58. The van der Waals surface area contributed by atoms with Crippen LogP contribution in [0.4, 0.5) is 0 Å². The molecule has 0 aliphatic rings. The summed E-state index contributed by atoms with van der Waals surface area (Å²) < 4.78 is 10.5. The van der Waals surface area contributed by atoms with Crippen LogP contribution in [0.15, 0.2) is 71.8 Å². The summed E-state index contributed by atoms with van der Waals surface area (Å²) in [4.78, 5) is 23.7. The van der Waals surface area contributed by atoms with Crippen molar-refractivity contribution in [3.05, 3.63) is 100 Å². The van der Waals surface area contributed by atoms with E-state index >= 15 is 0 Å². The van der Waals surface area contributed by atoms with Crippen LogP contribution in [0, 0.1) is 13.8 Å². The molecule has 0 unspecified atom stereocenters. The van der Waals surface area contributed by atoms with E-state index in [0.29, 0.717) is 23.5 Å². The molecule has 6 heteroatoms. The topological polar surface area (TPSA) is 77.0 Å². The normalized spacial score (nSPS) is 10.7. The van der Waals surface area contributed by atoms with E-state index in [2.05, 4.69) is 15.3 Å². The van der Waals surface area contributed by atoms with Crippen LogP contribution in [0.1, 0.15) is 43.0 Å². The van der Waals surface area contributed by atoms with E-state index in [1.807, 2.05) is 62.4 Å². The number of benzene rings is 3. The summed E-state index contributed by atoms with van der Waals surface area (Å²) in [5.74, 6) is 0.0929. The lowest BCUT2D eigenvalue weighted by Gasteiger charge is -2.07. The molecule has 3 aromatic carbocycles. The molecule has 0 aliphatic heterocycles. The van der Waals surface area contributed by atoms with Gasteiger partial charge in [-0.05, 0) is 73.0 Å². The number of hydrogen-bond donors (Lipinski definition) is 1. The summed E-state index contributed by atoms with van der Waals surface area (Å²) in [5, 5.41) is 4.03. The van der Waals surface area contributed by atoms with Crippen LogP contribution in [0.3, 0.4) is 0 Å². The molecule has 31 heavy (non-hydrogen) atoms. The zero-order valence-corrected chi connectivity index (χ0v) is 17.7. The first-order valence-electron chi connectivity index (χ1n) is 9.77. The first-order chi connectivity index (χ1) is 15.0. The van der Waals surface area contributed by atoms with E-state index in [0.717, 1.165) is 22.3 Å². The van der Waals surface area contributed by atoms with Crippen LogP contribution in [-0.2, 0) is 11.3 Å². The molecule has 0 spiro atoms. The number of carbonyl (C=O) groups excluding carboxylic acids is 2. The number of rotatable bonds is 7. The molecule has 3 aromatic rings. The molecule has 0 saturated carbocycles. The van der Waals surface area contributed by atoms with E-state index in [9.17, 15) is 9.59 Å². The van der Waals surface area contributed by atoms with Gasteiger partial charge in [-0.3, -0.25) is 4.79 Å². The molecule has 1 amide bonds. The standard InChI is InChI=1S/C25H24N2O4/c1-17-4-13-23(18(2)14-17)24(28)27-26-15-19-7-11-22(12-8-19)31-16-20-5-9-21(10-6-20)25(29)30-3/h4-15H,16H2,1-3H3,(H,27,28). The molecule has 0 aromatic heterocycles. The van der Waals surface area contributed by atoms with Crippen molar-refractivity contribution in [2.45, 2.75) is 20.5 Å². The van der Waals surface area contributed by atoms with Gasteiger partial charge >= 0.3 is 5.97 Å². The Hall–Kier alpha value is -3.93. The van der Waals surface area contributed by atoms with Crippen LogP contribution in [0.5, 0.6) is 5.75 Å². The van der Waals surface area contributed by atoms with Crippen molar-refractivity contribution in [2.24, 2.45) is 5.10 Å². The molecule has 158 valence electrons. The monoisotopic (exact) mass is 416 g/mol. The molecule has 3 rings (SSSR count). The average molecular weight is 416 g/mol. The molecular formula is C25H24N2O4. The zero-order chi connectivity index (χ0) is 22.2. The van der Waals surface area contributed by atoms with Gasteiger partial charge in [0.15, 0.2) is 0 Å². The molecule has 0 atom stereocenters. The first kappa shape index (κ1) is 21.8. The van der Waals surface area contributed by atoms with Gasteiger partial charge in [-0.15, -0.1) is 0 Å². The second-order valence-corrected chi connectivity index (χ2v) is 7.06. The SMILES string of the molecule is COC(=O)c1ccc(COc2ccc(C=NNC(=O)c3ccc(C)cc3C)cc2)cc1. The predicted octanol–water partition coefficient (Wildman–Crippen LogP) is 4.43. The third-order valence-electron chi connectivity index (χ3n) is 4.67. The average Bonchev–Trinajstić information content (AvgIpc) is 2.78. The second kappa shape index (κ2) is 10.2. The van der Waals surface area contributed by atoms with Gasteiger partial charge in [-0.2, -0.15) is 5.10 Å². The van der Waals surface area contributed by atoms with E-state index in [-0.39, 0.29) is 11.9 Å².